The van der Waals surface area contributed by atoms with Crippen LogP contribution >= 0.6 is 0 Å². The topological polar surface area (TPSA) is 118 Å². The first-order valence-corrected chi connectivity index (χ1v) is 5.33. The van der Waals surface area contributed by atoms with Crippen LogP contribution in [0.15, 0.2) is 11.1 Å². The fourth-order valence-electron chi connectivity index (χ4n) is 1.70. The molecule has 3 N–H and O–H groups in total. The summed E-state index contributed by atoms with van der Waals surface area (Å²) in [5.74, 6) is -3.27. The summed E-state index contributed by atoms with van der Waals surface area (Å²) in [5.41, 5.74) is 5.39. The van der Waals surface area contributed by atoms with Crippen LogP contribution < -0.4 is 5.73 Å². The standard InChI is InChI=1S/C11H14N2O5/c1-5-6(2)10(16)13(9(5)15)7(11(17)18)3-4-8(12)14/h7H,3-4H2,1-2H3,(H2,12,14)(H,17,18). The Balaban J connectivity index is 2.96. The monoisotopic (exact) mass is 254 g/mol. The van der Waals surface area contributed by atoms with Gasteiger partial charge in [-0.2, -0.15) is 0 Å². The highest BCUT2D eigenvalue weighted by molar-refractivity contribution is 6.20. The molecule has 1 unspecified atom stereocenters. The molecule has 1 atom stereocenters. The van der Waals surface area contributed by atoms with E-state index in [0.717, 1.165) is 0 Å². The second-order valence-electron chi connectivity index (χ2n) is 4.09. The molecule has 0 aromatic heterocycles. The third kappa shape index (κ3) is 2.39. The predicted molar refractivity (Wildman–Crippen MR) is 60.1 cm³/mol. The van der Waals surface area contributed by atoms with Gasteiger partial charge in [0.2, 0.25) is 5.91 Å². The Labute approximate surface area is 103 Å². The van der Waals surface area contributed by atoms with Crippen molar-refractivity contribution in [1.82, 2.24) is 4.90 Å². The number of nitrogens with two attached hydrogens (primary N) is 1. The number of hydrogen-bond acceptors (Lipinski definition) is 4. The van der Waals surface area contributed by atoms with Crippen molar-refractivity contribution < 1.29 is 24.3 Å². The van der Waals surface area contributed by atoms with Crippen molar-refractivity contribution in [3.8, 4) is 0 Å². The van der Waals surface area contributed by atoms with Gasteiger partial charge in [-0.15, -0.1) is 0 Å². The van der Waals surface area contributed by atoms with E-state index in [4.69, 9.17) is 10.8 Å². The minimum atomic E-state index is -1.36. The van der Waals surface area contributed by atoms with Gasteiger partial charge in [-0.25, -0.2) is 4.79 Å². The summed E-state index contributed by atoms with van der Waals surface area (Å²) >= 11 is 0. The zero-order valence-electron chi connectivity index (χ0n) is 10.1. The normalized spacial score (nSPS) is 17.3. The number of rotatable bonds is 5. The molecule has 98 valence electrons. The lowest BCUT2D eigenvalue weighted by Gasteiger charge is -2.22. The average molecular weight is 254 g/mol. The molecule has 0 aliphatic carbocycles. The molecular weight excluding hydrogens is 240 g/mol. The van der Waals surface area contributed by atoms with Crippen molar-refractivity contribution >= 4 is 23.7 Å². The Kier molecular flexibility index (Phi) is 3.85. The van der Waals surface area contributed by atoms with E-state index in [2.05, 4.69) is 0 Å². The van der Waals surface area contributed by atoms with Crippen LogP contribution in [0.5, 0.6) is 0 Å². The van der Waals surface area contributed by atoms with E-state index in [1.807, 2.05) is 0 Å². The predicted octanol–water partition coefficient (Wildman–Crippen LogP) is -0.590. The number of amides is 3. The molecule has 7 heteroatoms. The summed E-state index contributed by atoms with van der Waals surface area (Å²) in [4.78, 5) is 46.0. The molecule has 1 rings (SSSR count). The van der Waals surface area contributed by atoms with Crippen LogP contribution in [0.1, 0.15) is 26.7 Å². The van der Waals surface area contributed by atoms with Crippen LogP contribution in [0.4, 0.5) is 0 Å². The first kappa shape index (κ1) is 13.9. The molecule has 0 saturated heterocycles. The fourth-order valence-corrected chi connectivity index (χ4v) is 1.70. The van der Waals surface area contributed by atoms with Crippen molar-refractivity contribution in [2.45, 2.75) is 32.7 Å². The number of hydrogen-bond donors (Lipinski definition) is 2. The van der Waals surface area contributed by atoms with Crippen molar-refractivity contribution in [2.75, 3.05) is 0 Å². The number of aliphatic carboxylic acids is 1. The molecule has 18 heavy (non-hydrogen) atoms. The Morgan fingerprint density at radius 3 is 2.00 bits per heavy atom. The first-order chi connectivity index (χ1) is 8.27. The molecule has 0 radical (unpaired) electrons. The molecule has 7 nitrogen and oxygen atoms in total. The molecule has 3 amide bonds. The Morgan fingerprint density at radius 2 is 1.67 bits per heavy atom. The van der Waals surface area contributed by atoms with Crippen molar-refractivity contribution in [2.24, 2.45) is 5.73 Å². The fraction of sp³-hybridized carbons (Fsp3) is 0.455. The lowest BCUT2D eigenvalue weighted by atomic mass is 10.1. The second-order valence-corrected chi connectivity index (χ2v) is 4.09. The quantitative estimate of drug-likeness (QED) is 0.636. The molecule has 0 bridgehead atoms. The maximum absolute atomic E-state index is 11.8. The number of carbonyl (C=O) groups excluding carboxylic acids is 3. The van der Waals surface area contributed by atoms with Crippen molar-refractivity contribution in [3.05, 3.63) is 11.1 Å². The lowest BCUT2D eigenvalue weighted by molar-refractivity contribution is -0.154. The summed E-state index contributed by atoms with van der Waals surface area (Å²) in [6.07, 6.45) is -0.380. The summed E-state index contributed by atoms with van der Waals surface area (Å²) in [6, 6.07) is -1.36. The van der Waals surface area contributed by atoms with Gasteiger partial charge in [-0.05, 0) is 20.3 Å². The Bertz CT molecular complexity index is 442. The molecule has 1 aliphatic rings. The van der Waals surface area contributed by atoms with E-state index in [9.17, 15) is 19.2 Å². The largest absolute Gasteiger partial charge is 0.480 e. The van der Waals surface area contributed by atoms with Gasteiger partial charge in [0, 0.05) is 17.6 Å². The molecule has 0 fully saturated rings. The van der Waals surface area contributed by atoms with Crippen LogP contribution in [-0.4, -0.2) is 39.7 Å². The third-order valence-electron chi connectivity index (χ3n) is 2.90. The van der Waals surface area contributed by atoms with Gasteiger partial charge >= 0.3 is 5.97 Å². The van der Waals surface area contributed by atoms with Crippen LogP contribution in [0.2, 0.25) is 0 Å². The number of nitrogens with zero attached hydrogens (tertiary/aromatic N) is 1. The van der Waals surface area contributed by atoms with Gasteiger partial charge in [-0.3, -0.25) is 19.3 Å². The van der Waals surface area contributed by atoms with E-state index >= 15 is 0 Å². The first-order valence-electron chi connectivity index (χ1n) is 5.33. The second kappa shape index (κ2) is 4.99. The highest BCUT2D eigenvalue weighted by Crippen LogP contribution is 2.24. The van der Waals surface area contributed by atoms with Crippen LogP contribution in [0, 0.1) is 0 Å². The van der Waals surface area contributed by atoms with E-state index in [1.54, 1.807) is 0 Å². The maximum Gasteiger partial charge on any atom is 0.326 e. The van der Waals surface area contributed by atoms with Gasteiger partial charge in [0.05, 0.1) is 0 Å². The van der Waals surface area contributed by atoms with E-state index in [-0.39, 0.29) is 24.0 Å². The van der Waals surface area contributed by atoms with Gasteiger partial charge in [0.15, 0.2) is 0 Å². The summed E-state index contributed by atoms with van der Waals surface area (Å²) in [7, 11) is 0. The maximum atomic E-state index is 11.8. The Morgan fingerprint density at radius 1 is 1.22 bits per heavy atom. The highest BCUT2D eigenvalue weighted by Gasteiger charge is 2.41. The number of carboxylic acid groups (broad SMARTS) is 1. The van der Waals surface area contributed by atoms with Gasteiger partial charge in [0.25, 0.3) is 11.8 Å². The zero-order chi connectivity index (χ0) is 14.0. The van der Waals surface area contributed by atoms with Gasteiger partial charge < -0.3 is 10.8 Å². The van der Waals surface area contributed by atoms with Crippen molar-refractivity contribution in [3.63, 3.8) is 0 Å². The van der Waals surface area contributed by atoms with Gasteiger partial charge in [0.1, 0.15) is 6.04 Å². The molecule has 0 saturated carbocycles. The summed E-state index contributed by atoms with van der Waals surface area (Å²) in [5, 5.41) is 9.04. The van der Waals surface area contributed by atoms with E-state index < -0.39 is 29.7 Å². The number of carbonyl (C=O) groups is 4. The molecule has 1 aliphatic heterocycles. The minimum absolute atomic E-state index is 0.178. The molecule has 0 aromatic rings. The van der Waals surface area contributed by atoms with Crippen molar-refractivity contribution in [1.29, 1.82) is 0 Å². The van der Waals surface area contributed by atoms with E-state index in [0.29, 0.717) is 4.90 Å². The molecule has 0 spiro atoms. The Hall–Kier alpha value is -2.18. The molecule has 1 heterocycles. The van der Waals surface area contributed by atoms with Crippen LogP contribution in [0.25, 0.3) is 0 Å². The number of carboxylic acids is 1. The smallest absolute Gasteiger partial charge is 0.326 e. The number of imide groups is 1. The SMILES string of the molecule is CC1=C(C)C(=O)N(C(CCC(N)=O)C(=O)O)C1=O. The minimum Gasteiger partial charge on any atom is -0.480 e. The lowest BCUT2D eigenvalue weighted by Crippen LogP contribution is -2.46. The summed E-state index contributed by atoms with van der Waals surface area (Å²) in [6.45, 7) is 2.92. The van der Waals surface area contributed by atoms with Gasteiger partial charge in [-0.1, -0.05) is 0 Å². The van der Waals surface area contributed by atoms with E-state index in [1.165, 1.54) is 13.8 Å². The molecular formula is C11H14N2O5. The molecule has 0 aromatic carbocycles. The zero-order valence-corrected chi connectivity index (χ0v) is 10.1. The summed E-state index contributed by atoms with van der Waals surface area (Å²) < 4.78 is 0. The van der Waals surface area contributed by atoms with Crippen LogP contribution in [0.3, 0.4) is 0 Å². The van der Waals surface area contributed by atoms with Crippen LogP contribution in [-0.2, 0) is 19.2 Å². The third-order valence-corrected chi connectivity index (χ3v) is 2.90. The number of primary amides is 1. The average Bonchev–Trinajstić information content (AvgIpc) is 2.45. The highest BCUT2D eigenvalue weighted by atomic mass is 16.4.